The molecule has 5 heteroatoms. The molecule has 25 heavy (non-hydrogen) atoms. The van der Waals surface area contributed by atoms with Crippen LogP contribution in [-0.2, 0) is 16.0 Å². The number of hydrogen-bond donors (Lipinski definition) is 1. The zero-order valence-corrected chi connectivity index (χ0v) is 14.8. The summed E-state index contributed by atoms with van der Waals surface area (Å²) < 4.78 is 5.52. The van der Waals surface area contributed by atoms with E-state index in [0.717, 1.165) is 37.4 Å². The normalized spacial score (nSPS) is 27.5. The molecule has 1 amide bonds. The lowest BCUT2D eigenvalue weighted by Gasteiger charge is -2.37. The lowest BCUT2D eigenvalue weighted by Crippen LogP contribution is -2.55. The number of amides is 1. The molecule has 0 aromatic heterocycles. The quantitative estimate of drug-likeness (QED) is 0.852. The minimum Gasteiger partial charge on any atom is -0.445 e. The van der Waals surface area contributed by atoms with Crippen LogP contribution >= 0.6 is 0 Å². The number of ether oxygens (including phenoxy) is 1. The number of cyclic esters (lactones) is 1. The maximum atomic E-state index is 12.8. The third kappa shape index (κ3) is 3.56. The van der Waals surface area contributed by atoms with Gasteiger partial charge in [-0.2, -0.15) is 0 Å². The Kier molecular flexibility index (Phi) is 4.28. The molecule has 134 valence electrons. The first kappa shape index (κ1) is 16.6. The molecular weight excluding hydrogens is 316 g/mol. The van der Waals surface area contributed by atoms with E-state index in [-0.39, 0.29) is 11.9 Å². The Balaban J connectivity index is 1.35. The fourth-order valence-corrected chi connectivity index (χ4v) is 3.92. The van der Waals surface area contributed by atoms with E-state index in [1.165, 1.54) is 19.4 Å². The highest BCUT2D eigenvalue weighted by atomic mass is 16.6. The fraction of sp³-hybridized carbons (Fsp3) is 0.600. The van der Waals surface area contributed by atoms with Gasteiger partial charge in [-0.3, -0.25) is 4.79 Å². The largest absolute Gasteiger partial charge is 0.445 e. The molecule has 2 fully saturated rings. The zero-order chi connectivity index (χ0) is 17.4. The molecule has 4 rings (SSSR count). The van der Waals surface area contributed by atoms with Crippen LogP contribution in [0.1, 0.15) is 48.5 Å². The number of carbonyl (C=O) groups excluding carboxylic acids is 2. The summed E-state index contributed by atoms with van der Waals surface area (Å²) in [5, 5.41) is 3.13. The molecule has 1 atom stereocenters. The van der Waals surface area contributed by atoms with Crippen molar-refractivity contribution in [1.29, 1.82) is 0 Å². The van der Waals surface area contributed by atoms with Gasteiger partial charge in [0.15, 0.2) is 5.60 Å². The van der Waals surface area contributed by atoms with E-state index < -0.39 is 11.6 Å². The second-order valence-corrected chi connectivity index (χ2v) is 7.95. The van der Waals surface area contributed by atoms with Gasteiger partial charge < -0.3 is 15.0 Å². The Labute approximate surface area is 148 Å². The maximum Gasteiger partial charge on any atom is 0.339 e. The molecule has 0 spiro atoms. The van der Waals surface area contributed by atoms with Gasteiger partial charge in [0, 0.05) is 32.1 Å². The third-order valence-corrected chi connectivity index (χ3v) is 5.70. The average Bonchev–Trinajstić information content (AvgIpc) is 3.40. The molecule has 1 saturated carbocycles. The summed E-state index contributed by atoms with van der Waals surface area (Å²) in [7, 11) is 0. The number of nitrogens with zero attached hydrogens (tertiary/aromatic N) is 1. The van der Waals surface area contributed by atoms with E-state index >= 15 is 0 Å². The van der Waals surface area contributed by atoms with Gasteiger partial charge in [0.2, 0.25) is 0 Å². The van der Waals surface area contributed by atoms with Crippen LogP contribution in [0.2, 0.25) is 0 Å². The number of likely N-dealkylation sites (tertiary alicyclic amines) is 1. The van der Waals surface area contributed by atoms with Crippen molar-refractivity contribution in [1.82, 2.24) is 10.2 Å². The Hall–Kier alpha value is -1.88. The number of hydrogen-bond acceptors (Lipinski definition) is 4. The monoisotopic (exact) mass is 342 g/mol. The minimum atomic E-state index is -1.11. The fourth-order valence-electron chi connectivity index (χ4n) is 3.92. The van der Waals surface area contributed by atoms with E-state index in [4.69, 9.17) is 4.74 Å². The second kappa shape index (κ2) is 6.45. The SMILES string of the molecule is C[C@]1(C(=O)NC2CCN(CC3CC3)CC2)Cc2ccccc2C(=O)O1. The highest BCUT2D eigenvalue weighted by Crippen LogP contribution is 2.31. The van der Waals surface area contributed by atoms with Crippen molar-refractivity contribution in [3.63, 3.8) is 0 Å². The van der Waals surface area contributed by atoms with Gasteiger partial charge in [-0.05, 0) is 50.2 Å². The van der Waals surface area contributed by atoms with Crippen molar-refractivity contribution in [3.05, 3.63) is 35.4 Å². The highest BCUT2D eigenvalue weighted by Gasteiger charge is 2.43. The maximum absolute atomic E-state index is 12.8. The Morgan fingerprint density at radius 2 is 1.96 bits per heavy atom. The number of fused-ring (bicyclic) bond motifs is 1. The smallest absolute Gasteiger partial charge is 0.339 e. The highest BCUT2D eigenvalue weighted by molar-refractivity contribution is 5.97. The lowest BCUT2D eigenvalue weighted by atomic mass is 9.89. The van der Waals surface area contributed by atoms with Gasteiger partial charge in [0.25, 0.3) is 5.91 Å². The van der Waals surface area contributed by atoms with Gasteiger partial charge >= 0.3 is 5.97 Å². The van der Waals surface area contributed by atoms with Crippen molar-refractivity contribution < 1.29 is 14.3 Å². The number of rotatable bonds is 4. The van der Waals surface area contributed by atoms with Crippen LogP contribution in [0.3, 0.4) is 0 Å². The molecule has 1 aromatic carbocycles. The van der Waals surface area contributed by atoms with Gasteiger partial charge in [-0.15, -0.1) is 0 Å². The first-order chi connectivity index (χ1) is 12.0. The van der Waals surface area contributed by atoms with E-state index in [1.807, 2.05) is 18.2 Å². The first-order valence-corrected chi connectivity index (χ1v) is 9.38. The molecule has 1 saturated heterocycles. The van der Waals surface area contributed by atoms with E-state index in [2.05, 4.69) is 10.2 Å². The molecule has 1 aromatic rings. The Morgan fingerprint density at radius 1 is 1.24 bits per heavy atom. The number of carbonyl (C=O) groups is 2. The van der Waals surface area contributed by atoms with Crippen LogP contribution in [-0.4, -0.2) is 48.1 Å². The van der Waals surface area contributed by atoms with Crippen molar-refractivity contribution in [2.75, 3.05) is 19.6 Å². The van der Waals surface area contributed by atoms with Crippen molar-refractivity contribution in [3.8, 4) is 0 Å². The van der Waals surface area contributed by atoms with Gasteiger partial charge in [0.1, 0.15) is 0 Å². The van der Waals surface area contributed by atoms with Crippen molar-refractivity contribution in [2.45, 2.75) is 50.7 Å². The molecule has 2 heterocycles. The van der Waals surface area contributed by atoms with Crippen LogP contribution in [0.4, 0.5) is 0 Å². The standard InChI is InChI=1S/C20H26N2O3/c1-20(12-15-4-2-3-5-17(15)18(23)25-20)19(24)21-16-8-10-22(11-9-16)13-14-6-7-14/h2-5,14,16H,6-13H2,1H3,(H,21,24)/t20-/m1/s1. The third-order valence-electron chi connectivity index (χ3n) is 5.70. The predicted molar refractivity (Wildman–Crippen MR) is 94.3 cm³/mol. The number of piperidine rings is 1. The Bertz CT molecular complexity index is 677. The van der Waals surface area contributed by atoms with Crippen LogP contribution in [0, 0.1) is 5.92 Å². The summed E-state index contributed by atoms with van der Waals surface area (Å²) in [6.07, 6.45) is 5.13. The molecule has 2 aliphatic heterocycles. The summed E-state index contributed by atoms with van der Waals surface area (Å²) in [4.78, 5) is 27.6. The van der Waals surface area contributed by atoms with Crippen LogP contribution in [0.15, 0.2) is 24.3 Å². The number of nitrogens with one attached hydrogen (secondary N) is 1. The van der Waals surface area contributed by atoms with Gasteiger partial charge in [-0.25, -0.2) is 4.79 Å². The molecule has 0 bridgehead atoms. The summed E-state index contributed by atoms with van der Waals surface area (Å²) in [6.45, 7) is 5.02. The van der Waals surface area contributed by atoms with Crippen molar-refractivity contribution in [2.24, 2.45) is 5.92 Å². The molecule has 1 N–H and O–H groups in total. The van der Waals surface area contributed by atoms with E-state index in [0.29, 0.717) is 12.0 Å². The Morgan fingerprint density at radius 3 is 2.68 bits per heavy atom. The summed E-state index contributed by atoms with van der Waals surface area (Å²) in [6, 6.07) is 7.54. The van der Waals surface area contributed by atoms with Crippen LogP contribution in [0.5, 0.6) is 0 Å². The first-order valence-electron chi connectivity index (χ1n) is 9.38. The molecule has 3 aliphatic rings. The van der Waals surface area contributed by atoms with E-state index in [9.17, 15) is 9.59 Å². The van der Waals surface area contributed by atoms with Crippen molar-refractivity contribution >= 4 is 11.9 Å². The molecule has 0 radical (unpaired) electrons. The molecule has 1 aliphatic carbocycles. The minimum absolute atomic E-state index is 0.170. The van der Waals surface area contributed by atoms with Crippen LogP contribution in [0.25, 0.3) is 0 Å². The van der Waals surface area contributed by atoms with Gasteiger partial charge in [-0.1, -0.05) is 18.2 Å². The van der Waals surface area contributed by atoms with Gasteiger partial charge in [0.05, 0.1) is 5.56 Å². The lowest BCUT2D eigenvalue weighted by molar-refractivity contribution is -0.140. The molecular formula is C20H26N2O3. The molecule has 0 unspecified atom stereocenters. The number of benzene rings is 1. The summed E-state index contributed by atoms with van der Waals surface area (Å²) in [5.41, 5.74) is 0.341. The summed E-state index contributed by atoms with van der Waals surface area (Å²) >= 11 is 0. The average molecular weight is 342 g/mol. The predicted octanol–water partition coefficient (Wildman–Crippen LogP) is 2.15. The van der Waals surface area contributed by atoms with E-state index in [1.54, 1.807) is 13.0 Å². The van der Waals surface area contributed by atoms with Crippen LogP contribution < -0.4 is 5.32 Å². The number of esters is 1. The second-order valence-electron chi connectivity index (χ2n) is 7.95. The zero-order valence-electron chi connectivity index (χ0n) is 14.8. The molecule has 5 nitrogen and oxygen atoms in total. The topological polar surface area (TPSA) is 58.6 Å². The summed E-state index contributed by atoms with van der Waals surface area (Å²) in [5.74, 6) is 0.335.